The van der Waals surface area contributed by atoms with Gasteiger partial charge in [-0.15, -0.1) is 11.8 Å². The molecule has 28 heavy (non-hydrogen) atoms. The van der Waals surface area contributed by atoms with Crippen LogP contribution in [0.15, 0.2) is 59.5 Å². The molecule has 1 atom stereocenters. The zero-order valence-electron chi connectivity index (χ0n) is 15.6. The lowest BCUT2D eigenvalue weighted by atomic mass is 10.2. The van der Waals surface area contributed by atoms with E-state index < -0.39 is 17.1 Å². The lowest BCUT2D eigenvalue weighted by Crippen LogP contribution is -2.25. The van der Waals surface area contributed by atoms with Crippen molar-refractivity contribution in [3.05, 3.63) is 54.6 Å². The predicted octanol–water partition coefficient (Wildman–Crippen LogP) is 3.48. The van der Waals surface area contributed by atoms with E-state index in [9.17, 15) is 14.4 Å². The highest BCUT2D eigenvalue weighted by Gasteiger charge is 2.21. The first-order valence-electron chi connectivity index (χ1n) is 9.11. The van der Waals surface area contributed by atoms with Crippen LogP contribution in [0.3, 0.4) is 0 Å². The van der Waals surface area contributed by atoms with Crippen molar-refractivity contribution >= 4 is 40.9 Å². The van der Waals surface area contributed by atoms with Gasteiger partial charge in [-0.25, -0.2) is 0 Å². The molecule has 7 heteroatoms. The number of carbonyl (C=O) groups excluding carboxylic acids is 3. The molecule has 2 aromatic rings. The van der Waals surface area contributed by atoms with E-state index in [1.54, 1.807) is 36.1 Å². The van der Waals surface area contributed by atoms with Crippen LogP contribution >= 0.6 is 11.8 Å². The fourth-order valence-corrected chi connectivity index (χ4v) is 3.74. The van der Waals surface area contributed by atoms with Gasteiger partial charge in [0.05, 0.1) is 0 Å². The SMILES string of the molecule is C[C@H](Sc1ccccc1)C(=O)OCC(=O)Nc1ccc(N2CCCC2=O)cc1. The van der Waals surface area contributed by atoms with E-state index in [2.05, 4.69) is 5.32 Å². The molecule has 2 aromatic carbocycles. The number of ether oxygens (including phenoxy) is 1. The van der Waals surface area contributed by atoms with Gasteiger partial charge >= 0.3 is 5.97 Å². The summed E-state index contributed by atoms with van der Waals surface area (Å²) in [6.45, 7) is 2.13. The van der Waals surface area contributed by atoms with E-state index in [0.717, 1.165) is 23.5 Å². The van der Waals surface area contributed by atoms with Crippen LogP contribution in [-0.4, -0.2) is 36.2 Å². The number of nitrogens with one attached hydrogen (secondary N) is 1. The third kappa shape index (κ3) is 5.36. The maximum Gasteiger partial charge on any atom is 0.319 e. The summed E-state index contributed by atoms with van der Waals surface area (Å²) in [5.74, 6) is -0.728. The van der Waals surface area contributed by atoms with Gasteiger partial charge in [0, 0.05) is 29.2 Å². The van der Waals surface area contributed by atoms with E-state index in [4.69, 9.17) is 4.74 Å². The highest BCUT2D eigenvalue weighted by Crippen LogP contribution is 2.24. The van der Waals surface area contributed by atoms with Crippen molar-refractivity contribution < 1.29 is 19.1 Å². The first kappa shape index (κ1) is 19.9. The molecule has 3 rings (SSSR count). The summed E-state index contributed by atoms with van der Waals surface area (Å²) >= 11 is 1.38. The third-order valence-electron chi connectivity index (χ3n) is 4.27. The molecule has 1 aliphatic rings. The number of benzene rings is 2. The number of hydrogen-bond donors (Lipinski definition) is 1. The summed E-state index contributed by atoms with van der Waals surface area (Å²) in [5, 5.41) is 2.28. The smallest absolute Gasteiger partial charge is 0.319 e. The number of thioether (sulfide) groups is 1. The second-order valence-electron chi connectivity index (χ2n) is 6.42. The summed E-state index contributed by atoms with van der Waals surface area (Å²) in [6, 6.07) is 16.6. The fourth-order valence-electron chi connectivity index (χ4n) is 2.85. The van der Waals surface area contributed by atoms with Gasteiger partial charge in [0.15, 0.2) is 6.61 Å². The molecule has 0 aliphatic carbocycles. The monoisotopic (exact) mass is 398 g/mol. The van der Waals surface area contributed by atoms with E-state index in [0.29, 0.717) is 12.1 Å². The van der Waals surface area contributed by atoms with Gasteiger partial charge in [0.2, 0.25) is 5.91 Å². The molecule has 146 valence electrons. The zero-order valence-corrected chi connectivity index (χ0v) is 16.4. The van der Waals surface area contributed by atoms with Crippen molar-refractivity contribution in [1.82, 2.24) is 0 Å². The lowest BCUT2D eigenvalue weighted by molar-refractivity contribution is -0.146. The Kier molecular flexibility index (Phi) is 6.71. The van der Waals surface area contributed by atoms with Crippen LogP contribution in [0.25, 0.3) is 0 Å². The second-order valence-corrected chi connectivity index (χ2v) is 7.84. The summed E-state index contributed by atoms with van der Waals surface area (Å²) in [7, 11) is 0. The third-order valence-corrected chi connectivity index (χ3v) is 5.36. The molecule has 0 aromatic heterocycles. The minimum atomic E-state index is -0.438. The molecule has 1 N–H and O–H groups in total. The second kappa shape index (κ2) is 9.41. The highest BCUT2D eigenvalue weighted by molar-refractivity contribution is 8.00. The molecule has 0 bridgehead atoms. The molecule has 0 radical (unpaired) electrons. The van der Waals surface area contributed by atoms with Gasteiger partial charge in [-0.3, -0.25) is 14.4 Å². The Balaban J connectivity index is 1.44. The topological polar surface area (TPSA) is 75.7 Å². The number of rotatable bonds is 7. The molecular weight excluding hydrogens is 376 g/mol. The van der Waals surface area contributed by atoms with Crippen LogP contribution in [0.4, 0.5) is 11.4 Å². The number of hydrogen-bond acceptors (Lipinski definition) is 5. The van der Waals surface area contributed by atoms with E-state index in [-0.39, 0.29) is 12.5 Å². The number of anilines is 2. The predicted molar refractivity (Wildman–Crippen MR) is 109 cm³/mol. The van der Waals surface area contributed by atoms with Crippen molar-refractivity contribution in [3.8, 4) is 0 Å². The Morgan fingerprint density at radius 3 is 2.50 bits per heavy atom. The average Bonchev–Trinajstić information content (AvgIpc) is 3.13. The quantitative estimate of drug-likeness (QED) is 0.571. The summed E-state index contributed by atoms with van der Waals surface area (Å²) < 4.78 is 5.10. The molecule has 1 saturated heterocycles. The summed E-state index contributed by atoms with van der Waals surface area (Å²) in [4.78, 5) is 38.6. The molecule has 1 aliphatic heterocycles. The van der Waals surface area contributed by atoms with Crippen molar-refractivity contribution in [3.63, 3.8) is 0 Å². The molecule has 1 fully saturated rings. The largest absolute Gasteiger partial charge is 0.455 e. The van der Waals surface area contributed by atoms with Gasteiger partial charge < -0.3 is 15.0 Å². The Morgan fingerprint density at radius 1 is 1.14 bits per heavy atom. The maximum atomic E-state index is 12.1. The Hall–Kier alpha value is -2.80. The maximum absolute atomic E-state index is 12.1. The molecule has 1 heterocycles. The Labute approximate surface area is 168 Å². The Bertz CT molecular complexity index is 839. The zero-order chi connectivity index (χ0) is 19.9. The Morgan fingerprint density at radius 2 is 1.86 bits per heavy atom. The van der Waals surface area contributed by atoms with Gasteiger partial charge in [0.1, 0.15) is 5.25 Å². The van der Waals surface area contributed by atoms with Crippen molar-refractivity contribution in [2.75, 3.05) is 23.4 Å². The first-order chi connectivity index (χ1) is 13.5. The molecule has 6 nitrogen and oxygen atoms in total. The minimum Gasteiger partial charge on any atom is -0.455 e. The molecule has 0 saturated carbocycles. The van der Waals surface area contributed by atoms with Crippen LogP contribution in [0.2, 0.25) is 0 Å². The van der Waals surface area contributed by atoms with Gasteiger partial charge in [-0.05, 0) is 49.7 Å². The molecule has 0 spiro atoms. The van der Waals surface area contributed by atoms with Crippen molar-refractivity contribution in [2.45, 2.75) is 29.9 Å². The van der Waals surface area contributed by atoms with Gasteiger partial charge in [-0.2, -0.15) is 0 Å². The van der Waals surface area contributed by atoms with Gasteiger partial charge in [-0.1, -0.05) is 18.2 Å². The molecule has 0 unspecified atom stereocenters. The fraction of sp³-hybridized carbons (Fsp3) is 0.286. The van der Waals surface area contributed by atoms with Crippen LogP contribution < -0.4 is 10.2 Å². The van der Waals surface area contributed by atoms with Crippen LogP contribution in [0, 0.1) is 0 Å². The number of nitrogens with zero attached hydrogens (tertiary/aromatic N) is 1. The normalized spacial score (nSPS) is 14.6. The number of esters is 1. The average molecular weight is 398 g/mol. The highest BCUT2D eigenvalue weighted by atomic mass is 32.2. The van der Waals surface area contributed by atoms with E-state index in [1.165, 1.54) is 11.8 Å². The van der Waals surface area contributed by atoms with Crippen LogP contribution in [0.5, 0.6) is 0 Å². The lowest BCUT2D eigenvalue weighted by Gasteiger charge is -2.16. The van der Waals surface area contributed by atoms with Gasteiger partial charge in [0.25, 0.3) is 5.91 Å². The number of amides is 2. The molecule has 2 amide bonds. The standard InChI is InChI=1S/C21H22N2O4S/c1-15(28-18-6-3-2-4-7-18)21(26)27-14-19(24)22-16-9-11-17(12-10-16)23-13-5-8-20(23)25/h2-4,6-7,9-12,15H,5,8,13-14H2,1H3,(H,22,24)/t15-/m0/s1. The number of carbonyl (C=O) groups is 3. The van der Waals surface area contributed by atoms with Crippen molar-refractivity contribution in [1.29, 1.82) is 0 Å². The van der Waals surface area contributed by atoms with Crippen molar-refractivity contribution in [2.24, 2.45) is 0 Å². The van der Waals surface area contributed by atoms with Crippen LogP contribution in [-0.2, 0) is 19.1 Å². The molecular formula is C21H22N2O4S. The first-order valence-corrected chi connectivity index (χ1v) is 9.99. The summed E-state index contributed by atoms with van der Waals surface area (Å²) in [6.07, 6.45) is 1.44. The van der Waals surface area contributed by atoms with Crippen LogP contribution in [0.1, 0.15) is 19.8 Å². The van der Waals surface area contributed by atoms with E-state index in [1.807, 2.05) is 30.3 Å². The van der Waals surface area contributed by atoms with E-state index >= 15 is 0 Å². The summed E-state index contributed by atoms with van der Waals surface area (Å²) in [5.41, 5.74) is 1.40. The minimum absolute atomic E-state index is 0.117.